The average Bonchev–Trinajstić information content (AvgIpc) is 2.61. The van der Waals surface area contributed by atoms with Crippen molar-refractivity contribution in [1.29, 1.82) is 0 Å². The quantitative estimate of drug-likeness (QED) is 0.676. The summed E-state index contributed by atoms with van der Waals surface area (Å²) in [7, 11) is 0. The van der Waals surface area contributed by atoms with E-state index in [0.717, 1.165) is 5.25 Å². The lowest BCUT2D eigenvalue weighted by atomic mass is 10.1. The Kier molecular flexibility index (Phi) is 5.04. The van der Waals surface area contributed by atoms with Gasteiger partial charge in [0.1, 0.15) is 0 Å². The Bertz CT molecular complexity index is 212. The monoisotopic (exact) mass is 214 g/mol. The van der Waals surface area contributed by atoms with Gasteiger partial charge >= 0.3 is 0 Å². The summed E-state index contributed by atoms with van der Waals surface area (Å²) in [4.78, 5) is 1.51. The van der Waals surface area contributed by atoms with Crippen molar-refractivity contribution in [3.63, 3.8) is 0 Å². The lowest BCUT2D eigenvalue weighted by Gasteiger charge is -2.13. The standard InChI is InChI=1S/C11H18S2/c1-4-10(12-2)8-9-6-5-7-11(9)13-3/h5,7,10H,4,6,8H2,1-3H3. The smallest absolute Gasteiger partial charge is 0.00794 e. The maximum absolute atomic E-state index is 2.29. The van der Waals surface area contributed by atoms with Gasteiger partial charge in [0, 0.05) is 10.2 Å². The second-order valence-electron chi connectivity index (χ2n) is 3.25. The van der Waals surface area contributed by atoms with E-state index in [9.17, 15) is 0 Å². The summed E-state index contributed by atoms with van der Waals surface area (Å²) >= 11 is 3.89. The minimum Gasteiger partial charge on any atom is -0.162 e. The maximum atomic E-state index is 2.29. The molecule has 1 atom stereocenters. The second kappa shape index (κ2) is 5.82. The SMILES string of the molecule is CCC(CC1=C(SC)C=CC1)SC. The van der Waals surface area contributed by atoms with Crippen LogP contribution in [0.2, 0.25) is 0 Å². The van der Waals surface area contributed by atoms with E-state index in [4.69, 9.17) is 0 Å². The summed E-state index contributed by atoms with van der Waals surface area (Å²) in [5.41, 5.74) is 1.65. The third-order valence-electron chi connectivity index (χ3n) is 2.46. The van der Waals surface area contributed by atoms with Crippen LogP contribution in [0.3, 0.4) is 0 Å². The summed E-state index contributed by atoms with van der Waals surface area (Å²) in [6, 6.07) is 0. The molecule has 74 valence electrons. The molecule has 1 aliphatic carbocycles. The molecule has 0 amide bonds. The van der Waals surface area contributed by atoms with E-state index in [2.05, 4.69) is 31.6 Å². The molecule has 0 saturated carbocycles. The van der Waals surface area contributed by atoms with E-state index < -0.39 is 0 Å². The second-order valence-corrected chi connectivity index (χ2v) is 5.23. The van der Waals surface area contributed by atoms with Crippen molar-refractivity contribution in [3.05, 3.63) is 22.6 Å². The van der Waals surface area contributed by atoms with Crippen LogP contribution in [0.1, 0.15) is 26.2 Å². The predicted octanol–water partition coefficient (Wildman–Crippen LogP) is 4.10. The minimum absolute atomic E-state index is 0.817. The molecular weight excluding hydrogens is 196 g/mol. The van der Waals surface area contributed by atoms with Gasteiger partial charge in [-0.25, -0.2) is 0 Å². The summed E-state index contributed by atoms with van der Waals surface area (Å²) in [6.07, 6.45) is 12.7. The highest BCUT2D eigenvalue weighted by Gasteiger charge is 2.12. The number of thioether (sulfide) groups is 2. The van der Waals surface area contributed by atoms with Crippen LogP contribution in [0.4, 0.5) is 0 Å². The molecule has 0 aromatic carbocycles. The highest BCUT2D eigenvalue weighted by molar-refractivity contribution is 8.02. The van der Waals surface area contributed by atoms with Gasteiger partial charge in [0.05, 0.1) is 0 Å². The molecule has 0 aromatic rings. The zero-order valence-corrected chi connectivity index (χ0v) is 10.3. The Morgan fingerprint density at radius 3 is 2.77 bits per heavy atom. The summed E-state index contributed by atoms with van der Waals surface area (Å²) in [5.74, 6) is 0. The van der Waals surface area contributed by atoms with Crippen LogP contribution in [0.5, 0.6) is 0 Å². The van der Waals surface area contributed by atoms with Gasteiger partial charge in [-0.2, -0.15) is 11.8 Å². The van der Waals surface area contributed by atoms with E-state index in [1.807, 2.05) is 23.5 Å². The fourth-order valence-electron chi connectivity index (χ4n) is 1.59. The van der Waals surface area contributed by atoms with Crippen molar-refractivity contribution in [1.82, 2.24) is 0 Å². The van der Waals surface area contributed by atoms with Crippen molar-refractivity contribution in [3.8, 4) is 0 Å². The van der Waals surface area contributed by atoms with Crippen LogP contribution >= 0.6 is 23.5 Å². The van der Waals surface area contributed by atoms with Gasteiger partial charge in [-0.1, -0.05) is 24.6 Å². The number of hydrogen-bond donors (Lipinski definition) is 0. The van der Waals surface area contributed by atoms with E-state index in [-0.39, 0.29) is 0 Å². The van der Waals surface area contributed by atoms with Crippen molar-refractivity contribution >= 4 is 23.5 Å². The van der Waals surface area contributed by atoms with Crippen LogP contribution in [-0.4, -0.2) is 17.8 Å². The van der Waals surface area contributed by atoms with Crippen molar-refractivity contribution in [2.75, 3.05) is 12.5 Å². The Hall–Kier alpha value is 0.180. The van der Waals surface area contributed by atoms with Gasteiger partial charge in [0.15, 0.2) is 0 Å². The molecule has 0 aliphatic heterocycles. The molecule has 0 fully saturated rings. The number of rotatable bonds is 5. The van der Waals surface area contributed by atoms with Gasteiger partial charge in [0.25, 0.3) is 0 Å². The van der Waals surface area contributed by atoms with E-state index in [1.165, 1.54) is 24.2 Å². The first-order valence-electron chi connectivity index (χ1n) is 4.77. The Balaban J connectivity index is 2.53. The normalized spacial score (nSPS) is 18.4. The molecule has 0 saturated heterocycles. The first kappa shape index (κ1) is 11.3. The molecule has 0 bridgehead atoms. The van der Waals surface area contributed by atoms with Gasteiger partial charge in [-0.15, -0.1) is 11.8 Å². The van der Waals surface area contributed by atoms with E-state index >= 15 is 0 Å². The third kappa shape index (κ3) is 3.10. The predicted molar refractivity (Wildman–Crippen MR) is 66.5 cm³/mol. The lowest BCUT2D eigenvalue weighted by molar-refractivity contribution is 0.800. The molecule has 2 heteroatoms. The molecule has 0 nitrogen and oxygen atoms in total. The maximum Gasteiger partial charge on any atom is 0.00794 e. The van der Waals surface area contributed by atoms with Crippen molar-refractivity contribution in [2.45, 2.75) is 31.4 Å². The fraction of sp³-hybridized carbons (Fsp3) is 0.636. The largest absolute Gasteiger partial charge is 0.162 e. The molecule has 0 heterocycles. The topological polar surface area (TPSA) is 0 Å². The summed E-state index contributed by atoms with van der Waals surface area (Å²) < 4.78 is 0. The van der Waals surface area contributed by atoms with E-state index in [0.29, 0.717) is 0 Å². The Morgan fingerprint density at radius 1 is 1.46 bits per heavy atom. The summed E-state index contributed by atoms with van der Waals surface area (Å²) in [6.45, 7) is 2.28. The molecule has 0 aromatic heterocycles. The molecule has 0 N–H and O–H groups in total. The van der Waals surface area contributed by atoms with Gasteiger partial charge in [-0.3, -0.25) is 0 Å². The van der Waals surface area contributed by atoms with Crippen molar-refractivity contribution in [2.24, 2.45) is 0 Å². The van der Waals surface area contributed by atoms with Crippen LogP contribution in [0.25, 0.3) is 0 Å². The van der Waals surface area contributed by atoms with Crippen LogP contribution in [0.15, 0.2) is 22.6 Å². The highest BCUT2D eigenvalue weighted by Crippen LogP contribution is 2.32. The highest BCUT2D eigenvalue weighted by atomic mass is 32.2. The first-order valence-corrected chi connectivity index (χ1v) is 7.28. The zero-order chi connectivity index (χ0) is 9.68. The van der Waals surface area contributed by atoms with Crippen LogP contribution < -0.4 is 0 Å². The minimum atomic E-state index is 0.817. The van der Waals surface area contributed by atoms with Gasteiger partial charge < -0.3 is 0 Å². The fourth-order valence-corrected chi connectivity index (χ4v) is 2.98. The van der Waals surface area contributed by atoms with Crippen LogP contribution in [0, 0.1) is 0 Å². The molecule has 0 spiro atoms. The molecule has 0 radical (unpaired) electrons. The first-order chi connectivity index (χ1) is 6.31. The third-order valence-corrected chi connectivity index (χ3v) is 4.50. The Labute approximate surface area is 90.2 Å². The van der Waals surface area contributed by atoms with Gasteiger partial charge in [-0.05, 0) is 31.8 Å². The van der Waals surface area contributed by atoms with Crippen molar-refractivity contribution < 1.29 is 0 Å². The van der Waals surface area contributed by atoms with Crippen LogP contribution in [-0.2, 0) is 0 Å². The summed E-state index contributed by atoms with van der Waals surface area (Å²) in [5, 5.41) is 0.817. The van der Waals surface area contributed by atoms with Gasteiger partial charge in [0.2, 0.25) is 0 Å². The average molecular weight is 214 g/mol. The zero-order valence-electron chi connectivity index (χ0n) is 8.67. The lowest BCUT2D eigenvalue weighted by Crippen LogP contribution is -2.01. The molecular formula is C11H18S2. The number of allylic oxidation sites excluding steroid dienone is 3. The van der Waals surface area contributed by atoms with E-state index in [1.54, 1.807) is 5.57 Å². The molecule has 13 heavy (non-hydrogen) atoms. The molecule has 1 aliphatic rings. The molecule has 1 rings (SSSR count). The number of hydrogen-bond acceptors (Lipinski definition) is 2. The molecule has 1 unspecified atom stereocenters. The Morgan fingerprint density at radius 2 is 2.23 bits per heavy atom.